The van der Waals surface area contributed by atoms with Crippen molar-refractivity contribution in [2.75, 3.05) is 20.1 Å². The van der Waals surface area contributed by atoms with Crippen molar-refractivity contribution in [2.24, 2.45) is 5.92 Å². The van der Waals surface area contributed by atoms with Crippen molar-refractivity contribution >= 4 is 22.8 Å². The van der Waals surface area contributed by atoms with Crippen molar-refractivity contribution in [3.05, 3.63) is 36.1 Å². The van der Waals surface area contributed by atoms with Gasteiger partial charge < -0.3 is 14.6 Å². The number of carbonyl (C=O) groups is 2. The van der Waals surface area contributed by atoms with Gasteiger partial charge in [-0.05, 0) is 58.4 Å². The lowest BCUT2D eigenvalue weighted by molar-refractivity contribution is -0.136. The maximum absolute atomic E-state index is 12.7. The molecule has 2 aliphatic heterocycles. The summed E-state index contributed by atoms with van der Waals surface area (Å²) >= 11 is 0. The molecular weight excluding hydrogens is 378 g/mol. The number of furan rings is 1. The van der Waals surface area contributed by atoms with Crippen molar-refractivity contribution in [3.63, 3.8) is 0 Å². The molecule has 2 fully saturated rings. The maximum Gasteiger partial charge on any atom is 0.255 e. The number of para-hydroxylation sites is 1. The molecule has 1 aromatic carbocycles. The Kier molecular flexibility index (Phi) is 5.62. The second kappa shape index (κ2) is 8.06. The summed E-state index contributed by atoms with van der Waals surface area (Å²) in [6, 6.07) is 8.49. The van der Waals surface area contributed by atoms with Gasteiger partial charge in [-0.1, -0.05) is 18.2 Å². The number of fused-ring (bicyclic) bond motifs is 3. The fourth-order valence-electron chi connectivity index (χ4n) is 4.93. The van der Waals surface area contributed by atoms with E-state index in [1.54, 1.807) is 6.26 Å². The Bertz CT molecular complexity index is 915. The molecule has 162 valence electrons. The molecule has 0 saturated carbocycles. The van der Waals surface area contributed by atoms with E-state index in [1.165, 1.54) is 0 Å². The van der Waals surface area contributed by atoms with Gasteiger partial charge >= 0.3 is 0 Å². The molecule has 30 heavy (non-hydrogen) atoms. The van der Waals surface area contributed by atoms with E-state index in [2.05, 4.69) is 31.0 Å². The molecule has 2 amide bonds. The minimum atomic E-state index is -0.157. The Hall–Kier alpha value is -2.34. The van der Waals surface area contributed by atoms with Gasteiger partial charge in [0, 0.05) is 36.6 Å². The second-order valence-electron chi connectivity index (χ2n) is 9.87. The largest absolute Gasteiger partial charge is 0.463 e. The number of benzene rings is 1. The van der Waals surface area contributed by atoms with Crippen LogP contribution in [-0.4, -0.2) is 59.4 Å². The molecule has 2 aromatic rings. The van der Waals surface area contributed by atoms with Gasteiger partial charge in [0.1, 0.15) is 11.8 Å². The average Bonchev–Trinajstić information content (AvgIpc) is 3.22. The molecule has 2 saturated heterocycles. The summed E-state index contributed by atoms with van der Waals surface area (Å²) in [7, 11) is 1.89. The third-order valence-corrected chi connectivity index (χ3v) is 6.96. The first-order chi connectivity index (χ1) is 14.2. The highest BCUT2D eigenvalue weighted by atomic mass is 16.3. The number of nitrogens with zero attached hydrogens (tertiary/aromatic N) is 2. The number of piperidine rings is 1. The summed E-state index contributed by atoms with van der Waals surface area (Å²) in [6.07, 6.45) is 5.91. The average molecular weight is 412 g/mol. The molecule has 3 atom stereocenters. The molecule has 2 unspecified atom stereocenters. The Morgan fingerprint density at radius 1 is 1.17 bits per heavy atom. The predicted molar refractivity (Wildman–Crippen MR) is 117 cm³/mol. The van der Waals surface area contributed by atoms with Crippen LogP contribution < -0.4 is 5.32 Å². The maximum atomic E-state index is 12.7. The molecule has 4 rings (SSSR count). The normalized spacial score (nSPS) is 24.2. The van der Waals surface area contributed by atoms with Crippen LogP contribution >= 0.6 is 0 Å². The van der Waals surface area contributed by atoms with E-state index in [0.717, 1.165) is 36.7 Å². The number of carbonyl (C=O) groups excluding carboxylic acids is 2. The Balaban J connectivity index is 1.32. The monoisotopic (exact) mass is 411 g/mol. The van der Waals surface area contributed by atoms with Crippen LogP contribution in [-0.2, 0) is 4.79 Å². The van der Waals surface area contributed by atoms with E-state index in [4.69, 9.17) is 4.42 Å². The van der Waals surface area contributed by atoms with Gasteiger partial charge in [0.2, 0.25) is 5.91 Å². The first kappa shape index (κ1) is 20.9. The SMILES string of the molecule is CN(C(=O)CN1C2CC[C@@H]1CC(CNC(=O)c1coc3ccccc13)C2)C(C)(C)C. The second-order valence-corrected chi connectivity index (χ2v) is 9.87. The van der Waals surface area contributed by atoms with E-state index in [9.17, 15) is 9.59 Å². The van der Waals surface area contributed by atoms with E-state index in [1.807, 2.05) is 36.2 Å². The lowest BCUT2D eigenvalue weighted by Gasteiger charge is -2.40. The highest BCUT2D eigenvalue weighted by molar-refractivity contribution is 6.05. The summed E-state index contributed by atoms with van der Waals surface area (Å²) in [4.78, 5) is 29.7. The zero-order valence-electron chi connectivity index (χ0n) is 18.5. The van der Waals surface area contributed by atoms with Crippen molar-refractivity contribution < 1.29 is 14.0 Å². The molecular formula is C24H33N3O3. The molecule has 6 heteroatoms. The topological polar surface area (TPSA) is 65.8 Å². The lowest BCUT2D eigenvalue weighted by atomic mass is 9.90. The van der Waals surface area contributed by atoms with Crippen LogP contribution in [0.5, 0.6) is 0 Å². The van der Waals surface area contributed by atoms with Crippen LogP contribution in [0.2, 0.25) is 0 Å². The van der Waals surface area contributed by atoms with Gasteiger partial charge in [0.05, 0.1) is 12.1 Å². The minimum absolute atomic E-state index is 0.0725. The molecule has 0 aliphatic carbocycles. The van der Waals surface area contributed by atoms with E-state index < -0.39 is 0 Å². The number of rotatable bonds is 5. The first-order valence-electron chi connectivity index (χ1n) is 11.0. The van der Waals surface area contributed by atoms with Crippen LogP contribution in [0.1, 0.15) is 56.8 Å². The van der Waals surface area contributed by atoms with Gasteiger partial charge in [0.25, 0.3) is 5.91 Å². The Morgan fingerprint density at radius 2 is 1.83 bits per heavy atom. The smallest absolute Gasteiger partial charge is 0.255 e. The van der Waals surface area contributed by atoms with Gasteiger partial charge in [-0.15, -0.1) is 0 Å². The highest BCUT2D eigenvalue weighted by Crippen LogP contribution is 2.38. The molecule has 1 N–H and O–H groups in total. The summed E-state index contributed by atoms with van der Waals surface area (Å²) in [5.74, 6) is 0.575. The summed E-state index contributed by atoms with van der Waals surface area (Å²) in [5.41, 5.74) is 1.18. The predicted octanol–water partition coefficient (Wildman–Crippen LogP) is 3.66. The van der Waals surface area contributed by atoms with Crippen LogP contribution in [0.15, 0.2) is 34.9 Å². The minimum Gasteiger partial charge on any atom is -0.463 e. The zero-order chi connectivity index (χ0) is 21.5. The van der Waals surface area contributed by atoms with Gasteiger partial charge in [-0.25, -0.2) is 0 Å². The van der Waals surface area contributed by atoms with Crippen molar-refractivity contribution in [1.82, 2.24) is 15.1 Å². The summed E-state index contributed by atoms with van der Waals surface area (Å²) in [6.45, 7) is 7.38. The van der Waals surface area contributed by atoms with Crippen molar-refractivity contribution in [1.29, 1.82) is 0 Å². The van der Waals surface area contributed by atoms with E-state index in [-0.39, 0.29) is 17.4 Å². The molecule has 0 radical (unpaired) electrons. The van der Waals surface area contributed by atoms with Crippen molar-refractivity contribution in [3.8, 4) is 0 Å². The number of amides is 2. The molecule has 3 heterocycles. The molecule has 1 aromatic heterocycles. The number of nitrogens with one attached hydrogen (secondary N) is 1. The molecule has 0 spiro atoms. The zero-order valence-corrected chi connectivity index (χ0v) is 18.5. The van der Waals surface area contributed by atoms with Gasteiger partial charge in [-0.3, -0.25) is 14.5 Å². The number of hydrogen-bond donors (Lipinski definition) is 1. The van der Waals surface area contributed by atoms with Crippen molar-refractivity contribution in [2.45, 2.75) is 64.1 Å². The third kappa shape index (κ3) is 4.10. The standard InChI is InChI=1S/C24H33N3O3/c1-24(2,3)26(4)22(28)14-27-17-9-10-18(27)12-16(11-17)13-25-23(29)20-15-30-21-8-6-5-7-19(20)21/h5-8,15-18H,9-14H2,1-4H3,(H,25,29)/t16?,17-,18?/m1/s1. The number of likely N-dealkylation sites (N-methyl/N-ethyl adjacent to an activating group) is 1. The molecule has 6 nitrogen and oxygen atoms in total. The van der Waals surface area contributed by atoms with Gasteiger partial charge in [-0.2, -0.15) is 0 Å². The molecule has 2 aliphatic rings. The van der Waals surface area contributed by atoms with Crippen LogP contribution in [0.3, 0.4) is 0 Å². The quantitative estimate of drug-likeness (QED) is 0.815. The third-order valence-electron chi connectivity index (χ3n) is 6.96. The first-order valence-corrected chi connectivity index (χ1v) is 11.0. The van der Waals surface area contributed by atoms with Crippen LogP contribution in [0, 0.1) is 5.92 Å². The van der Waals surface area contributed by atoms with E-state index >= 15 is 0 Å². The Labute approximate surface area is 178 Å². The lowest BCUT2D eigenvalue weighted by Crippen LogP contribution is -2.52. The summed E-state index contributed by atoms with van der Waals surface area (Å²) in [5, 5.41) is 3.97. The number of hydrogen-bond acceptors (Lipinski definition) is 4. The van der Waals surface area contributed by atoms with Gasteiger partial charge in [0.15, 0.2) is 0 Å². The fourth-order valence-corrected chi connectivity index (χ4v) is 4.93. The van der Waals surface area contributed by atoms with Crippen LogP contribution in [0.4, 0.5) is 0 Å². The van der Waals surface area contributed by atoms with E-state index in [0.29, 0.717) is 36.7 Å². The Morgan fingerprint density at radius 3 is 2.50 bits per heavy atom. The summed E-state index contributed by atoms with van der Waals surface area (Å²) < 4.78 is 5.50. The molecule has 2 bridgehead atoms. The fraction of sp³-hybridized carbons (Fsp3) is 0.583. The highest BCUT2D eigenvalue weighted by Gasteiger charge is 2.42. The van der Waals surface area contributed by atoms with Crippen LogP contribution in [0.25, 0.3) is 11.0 Å².